The highest BCUT2D eigenvalue weighted by Gasteiger charge is 2.20. The van der Waals surface area contributed by atoms with Crippen LogP contribution in [-0.4, -0.2) is 46.6 Å². The summed E-state index contributed by atoms with van der Waals surface area (Å²) in [6.07, 6.45) is 5.74. The predicted octanol–water partition coefficient (Wildman–Crippen LogP) is 3.46. The third-order valence-electron chi connectivity index (χ3n) is 5.80. The Hall–Kier alpha value is -4.07. The second-order valence-electron chi connectivity index (χ2n) is 7.85. The maximum absolute atomic E-state index is 13.4. The number of hydrogen-bond donors (Lipinski definition) is 2. The van der Waals surface area contributed by atoms with Crippen molar-refractivity contribution in [2.75, 3.05) is 25.5 Å². The summed E-state index contributed by atoms with van der Waals surface area (Å²) in [6.45, 7) is 4.90. The molecule has 0 saturated carbocycles. The van der Waals surface area contributed by atoms with Crippen LogP contribution in [-0.2, 0) is 4.79 Å². The fraction of sp³-hybridized carbons (Fsp3) is 0.240. The molecule has 0 aliphatic carbocycles. The highest BCUT2D eigenvalue weighted by Crippen LogP contribution is 2.37. The lowest BCUT2D eigenvalue weighted by Gasteiger charge is -2.26. The summed E-state index contributed by atoms with van der Waals surface area (Å²) in [7, 11) is 1.40. The quantitative estimate of drug-likeness (QED) is 0.461. The van der Waals surface area contributed by atoms with Crippen molar-refractivity contribution < 1.29 is 19.4 Å². The number of anilines is 1. The smallest absolute Gasteiger partial charge is 0.266 e. The first-order chi connectivity index (χ1) is 15.9. The zero-order chi connectivity index (χ0) is 23.5. The van der Waals surface area contributed by atoms with Crippen LogP contribution in [0.5, 0.6) is 11.5 Å². The van der Waals surface area contributed by atoms with Crippen LogP contribution < -0.4 is 15.6 Å². The number of hydrogen-bond acceptors (Lipinski definition) is 5. The van der Waals surface area contributed by atoms with Crippen LogP contribution in [0, 0.1) is 0 Å². The summed E-state index contributed by atoms with van der Waals surface area (Å²) in [5, 5.41) is 13.6. The van der Waals surface area contributed by atoms with Gasteiger partial charge in [-0.25, -0.2) is 0 Å². The topological polar surface area (TPSA) is 101 Å². The first kappa shape index (κ1) is 22.1. The van der Waals surface area contributed by atoms with Crippen LogP contribution in [0.4, 0.5) is 5.69 Å². The molecule has 170 valence electrons. The molecule has 2 heterocycles. The van der Waals surface area contributed by atoms with Crippen LogP contribution in [0.25, 0.3) is 16.5 Å². The maximum Gasteiger partial charge on any atom is 0.266 e. The van der Waals surface area contributed by atoms with Crippen molar-refractivity contribution in [3.63, 3.8) is 0 Å². The molecule has 0 spiro atoms. The van der Waals surface area contributed by atoms with Crippen LogP contribution in [0.15, 0.2) is 60.0 Å². The van der Waals surface area contributed by atoms with E-state index in [4.69, 9.17) is 4.74 Å². The second kappa shape index (κ2) is 9.20. The summed E-state index contributed by atoms with van der Waals surface area (Å²) >= 11 is 0. The summed E-state index contributed by atoms with van der Waals surface area (Å²) in [5.74, 6) is -0.611. The van der Waals surface area contributed by atoms with Crippen LogP contribution >= 0.6 is 0 Å². The number of piperidine rings is 1. The molecule has 2 amide bonds. The highest BCUT2D eigenvalue weighted by atomic mass is 16.5. The van der Waals surface area contributed by atoms with Gasteiger partial charge in [0.15, 0.2) is 0 Å². The first-order valence-electron chi connectivity index (χ1n) is 10.7. The molecule has 3 aromatic rings. The SMILES string of the molecule is C=CC(=O)Nc1c(OC)cc(O)c2c(=O)n(-c3cccc(C(=O)N4CCCCC4)c3)ccc12. The van der Waals surface area contributed by atoms with Crippen molar-refractivity contribution in [1.82, 2.24) is 9.47 Å². The fourth-order valence-electron chi connectivity index (χ4n) is 4.13. The zero-order valence-electron chi connectivity index (χ0n) is 18.3. The number of nitrogens with zero attached hydrogens (tertiary/aromatic N) is 2. The van der Waals surface area contributed by atoms with Crippen LogP contribution in [0.3, 0.4) is 0 Å². The van der Waals surface area contributed by atoms with Gasteiger partial charge in [0.05, 0.1) is 18.2 Å². The maximum atomic E-state index is 13.4. The molecule has 8 nitrogen and oxygen atoms in total. The number of ether oxygens (including phenoxy) is 1. The number of phenolic OH excluding ortho intramolecular Hbond substituents is 1. The second-order valence-corrected chi connectivity index (χ2v) is 7.85. The van der Waals surface area contributed by atoms with E-state index in [0.29, 0.717) is 16.6 Å². The molecule has 1 fully saturated rings. The Morgan fingerprint density at radius 3 is 2.61 bits per heavy atom. The van der Waals surface area contributed by atoms with Gasteiger partial charge in [0, 0.05) is 42.0 Å². The van der Waals surface area contributed by atoms with Crippen LogP contribution in [0.2, 0.25) is 0 Å². The van der Waals surface area contributed by atoms with Crippen molar-refractivity contribution in [2.24, 2.45) is 0 Å². The molecule has 2 aromatic carbocycles. The lowest BCUT2D eigenvalue weighted by atomic mass is 10.1. The number of aromatic hydroxyl groups is 1. The van der Waals surface area contributed by atoms with Gasteiger partial charge in [0.2, 0.25) is 5.91 Å². The molecule has 1 aliphatic heterocycles. The molecule has 33 heavy (non-hydrogen) atoms. The molecule has 0 radical (unpaired) electrons. The van der Waals surface area contributed by atoms with E-state index in [1.807, 2.05) is 4.90 Å². The molecule has 4 rings (SSSR count). The summed E-state index contributed by atoms with van der Waals surface area (Å²) in [4.78, 5) is 40.0. The Bertz CT molecular complexity index is 1310. The first-order valence-corrected chi connectivity index (χ1v) is 10.7. The number of benzene rings is 2. The number of nitrogens with one attached hydrogen (secondary N) is 1. The predicted molar refractivity (Wildman–Crippen MR) is 126 cm³/mol. The van der Waals surface area contributed by atoms with Crippen molar-refractivity contribution in [3.05, 3.63) is 71.2 Å². The van der Waals surface area contributed by atoms with Crippen LogP contribution in [0.1, 0.15) is 29.6 Å². The van der Waals surface area contributed by atoms with Gasteiger partial charge < -0.3 is 20.1 Å². The highest BCUT2D eigenvalue weighted by molar-refractivity contribution is 6.09. The molecular weight excluding hydrogens is 422 g/mol. The molecule has 1 saturated heterocycles. The lowest BCUT2D eigenvalue weighted by molar-refractivity contribution is -0.111. The monoisotopic (exact) mass is 447 g/mol. The van der Waals surface area contributed by atoms with Gasteiger partial charge in [-0.05, 0) is 49.6 Å². The molecule has 8 heteroatoms. The Morgan fingerprint density at radius 2 is 1.91 bits per heavy atom. The largest absolute Gasteiger partial charge is 0.507 e. The third kappa shape index (κ3) is 4.19. The summed E-state index contributed by atoms with van der Waals surface area (Å²) < 4.78 is 6.64. The fourth-order valence-corrected chi connectivity index (χ4v) is 4.13. The van der Waals surface area contributed by atoms with E-state index >= 15 is 0 Å². The number of amides is 2. The molecule has 1 aromatic heterocycles. The zero-order valence-corrected chi connectivity index (χ0v) is 18.3. The van der Waals surface area contributed by atoms with Gasteiger partial charge in [-0.2, -0.15) is 0 Å². The number of carbonyl (C=O) groups is 2. The van der Waals surface area contributed by atoms with Gasteiger partial charge in [0.25, 0.3) is 11.5 Å². The standard InChI is InChI=1S/C25H25N3O5/c1-3-21(30)26-23-18-10-13-28(25(32)22(18)19(29)15-20(23)33-2)17-9-7-8-16(14-17)24(31)27-11-5-4-6-12-27/h3,7-10,13-15,29H,1,4-6,11-12H2,2H3,(H,26,30). The summed E-state index contributed by atoms with van der Waals surface area (Å²) in [6, 6.07) is 9.75. The van der Waals surface area contributed by atoms with Gasteiger partial charge in [0.1, 0.15) is 11.5 Å². The number of likely N-dealkylation sites (tertiary alicyclic amines) is 1. The molecule has 2 N–H and O–H groups in total. The lowest BCUT2D eigenvalue weighted by Crippen LogP contribution is -2.35. The average molecular weight is 447 g/mol. The van der Waals surface area contributed by atoms with E-state index < -0.39 is 11.5 Å². The van der Waals surface area contributed by atoms with Gasteiger partial charge in [-0.1, -0.05) is 12.6 Å². The van der Waals surface area contributed by atoms with Gasteiger partial charge in [-0.3, -0.25) is 19.0 Å². The van der Waals surface area contributed by atoms with E-state index in [-0.39, 0.29) is 28.5 Å². The van der Waals surface area contributed by atoms with E-state index in [1.54, 1.807) is 30.3 Å². The Balaban J connectivity index is 1.81. The van der Waals surface area contributed by atoms with E-state index in [0.717, 1.165) is 38.4 Å². The van der Waals surface area contributed by atoms with E-state index in [2.05, 4.69) is 11.9 Å². The minimum Gasteiger partial charge on any atom is -0.507 e. The van der Waals surface area contributed by atoms with E-state index in [9.17, 15) is 19.5 Å². The number of pyridine rings is 1. The Kier molecular flexibility index (Phi) is 6.17. The number of carbonyl (C=O) groups excluding carboxylic acids is 2. The number of rotatable bonds is 5. The molecule has 0 bridgehead atoms. The van der Waals surface area contributed by atoms with Crippen molar-refractivity contribution in [1.29, 1.82) is 0 Å². The Morgan fingerprint density at radius 1 is 1.15 bits per heavy atom. The Labute approximate surface area is 190 Å². The van der Waals surface area contributed by atoms with Gasteiger partial charge >= 0.3 is 0 Å². The number of methoxy groups -OCH3 is 1. The molecule has 1 aliphatic rings. The number of fused-ring (bicyclic) bond motifs is 1. The third-order valence-corrected chi connectivity index (χ3v) is 5.80. The summed E-state index contributed by atoms with van der Waals surface area (Å²) in [5.41, 5.74) is 0.758. The average Bonchev–Trinajstić information content (AvgIpc) is 2.85. The minimum atomic E-state index is -0.496. The number of aromatic nitrogens is 1. The minimum absolute atomic E-state index is 0.0189. The van der Waals surface area contributed by atoms with Gasteiger partial charge in [-0.15, -0.1) is 0 Å². The molecule has 0 unspecified atom stereocenters. The molecular formula is C25H25N3O5. The normalized spacial score (nSPS) is 13.5. The van der Waals surface area contributed by atoms with Crippen molar-refractivity contribution in [3.8, 4) is 17.2 Å². The number of phenols is 1. The van der Waals surface area contributed by atoms with Crippen molar-refractivity contribution >= 4 is 28.3 Å². The van der Waals surface area contributed by atoms with Crippen molar-refractivity contribution in [2.45, 2.75) is 19.3 Å². The van der Waals surface area contributed by atoms with E-state index in [1.165, 1.54) is 23.9 Å². The molecule has 0 atom stereocenters.